The zero-order valence-corrected chi connectivity index (χ0v) is 20.5. The zero-order chi connectivity index (χ0) is 24.3. The van der Waals surface area contributed by atoms with Crippen LogP contribution < -0.4 is 10.2 Å². The molecule has 0 radical (unpaired) electrons. The van der Waals surface area contributed by atoms with E-state index in [9.17, 15) is 4.79 Å². The minimum absolute atomic E-state index is 0.0256. The highest BCUT2D eigenvalue weighted by Gasteiger charge is 2.22. The van der Waals surface area contributed by atoms with Crippen LogP contribution in [0.2, 0.25) is 0 Å². The summed E-state index contributed by atoms with van der Waals surface area (Å²) in [7, 11) is 0. The highest BCUT2D eigenvalue weighted by atomic mass is 16.1. The van der Waals surface area contributed by atoms with Crippen LogP contribution in [0.4, 0.5) is 5.69 Å². The number of hydrogen-bond donors (Lipinski definition) is 2. The fourth-order valence-electron chi connectivity index (χ4n) is 5.56. The lowest BCUT2D eigenvalue weighted by molar-refractivity contribution is 0.0933. The number of nitrogens with zero attached hydrogens (tertiary/aromatic N) is 2. The first-order chi connectivity index (χ1) is 17.7. The lowest BCUT2D eigenvalue weighted by Gasteiger charge is -2.28. The minimum Gasteiger partial charge on any atom is -0.372 e. The van der Waals surface area contributed by atoms with Gasteiger partial charge in [0.25, 0.3) is 5.91 Å². The molecule has 2 N–H and O–H groups in total. The third-order valence-electron chi connectivity index (χ3n) is 7.59. The van der Waals surface area contributed by atoms with Crippen LogP contribution in [0.15, 0.2) is 78.9 Å². The van der Waals surface area contributed by atoms with Gasteiger partial charge in [0.15, 0.2) is 0 Å². The smallest absolute Gasteiger partial charge is 0.251 e. The molecule has 6 rings (SSSR count). The Kier molecular flexibility index (Phi) is 6.29. The van der Waals surface area contributed by atoms with Crippen molar-refractivity contribution in [1.29, 1.82) is 0 Å². The Labute approximate surface area is 212 Å². The summed E-state index contributed by atoms with van der Waals surface area (Å²) in [6.45, 7) is 2.29. The largest absolute Gasteiger partial charge is 0.372 e. The maximum atomic E-state index is 13.0. The van der Waals surface area contributed by atoms with Crippen LogP contribution >= 0.6 is 0 Å². The summed E-state index contributed by atoms with van der Waals surface area (Å²) in [5.41, 5.74) is 8.55. The standard InChI is InChI=1S/C31H32N4O/c36-31(32-28-10-6-8-22-7-2-3-9-27(22)28)25-13-11-23(12-14-25)29-21-30(34-33-29)24-15-17-26(18-16-24)35-19-4-1-5-20-35/h2-3,7,9,11-18,21,28H,1,4-6,8,10,19-20H2,(H,32,36)(H,33,34). The lowest BCUT2D eigenvalue weighted by Crippen LogP contribution is -2.30. The molecule has 1 aliphatic heterocycles. The number of carbonyl (C=O) groups excluding carboxylic acids is 1. The molecule has 0 saturated carbocycles. The Morgan fingerprint density at radius 3 is 2.42 bits per heavy atom. The summed E-state index contributed by atoms with van der Waals surface area (Å²) in [6.07, 6.45) is 7.07. The number of hydrogen-bond acceptors (Lipinski definition) is 3. The highest BCUT2D eigenvalue weighted by Crippen LogP contribution is 2.30. The number of benzene rings is 3. The fraction of sp³-hybridized carbons (Fsp3) is 0.290. The molecule has 4 aromatic rings. The zero-order valence-electron chi connectivity index (χ0n) is 20.5. The minimum atomic E-state index is -0.0256. The van der Waals surface area contributed by atoms with E-state index in [2.05, 4.69) is 75.0 Å². The molecular weight excluding hydrogens is 444 g/mol. The molecule has 1 atom stereocenters. The van der Waals surface area contributed by atoms with E-state index >= 15 is 0 Å². The monoisotopic (exact) mass is 476 g/mol. The van der Waals surface area contributed by atoms with Gasteiger partial charge in [0.1, 0.15) is 0 Å². The molecule has 1 aliphatic carbocycles. The molecule has 1 aromatic heterocycles. The normalized spacial score (nSPS) is 17.4. The number of rotatable bonds is 5. The van der Waals surface area contributed by atoms with Crippen molar-refractivity contribution in [3.8, 4) is 22.5 Å². The van der Waals surface area contributed by atoms with Crippen LogP contribution in [0.5, 0.6) is 0 Å². The second-order valence-corrected chi connectivity index (χ2v) is 9.96. The Bertz CT molecular complexity index is 1330. The number of fused-ring (bicyclic) bond motifs is 1. The van der Waals surface area contributed by atoms with Crippen molar-refractivity contribution in [2.45, 2.75) is 44.6 Å². The molecular formula is C31H32N4O. The Morgan fingerprint density at radius 2 is 1.61 bits per heavy atom. The Balaban J connectivity index is 1.13. The topological polar surface area (TPSA) is 61.0 Å². The summed E-state index contributed by atoms with van der Waals surface area (Å²) >= 11 is 0. The second-order valence-electron chi connectivity index (χ2n) is 9.96. The summed E-state index contributed by atoms with van der Waals surface area (Å²) < 4.78 is 0. The van der Waals surface area contributed by atoms with Gasteiger partial charge in [-0.1, -0.05) is 48.5 Å². The predicted molar refractivity (Wildman–Crippen MR) is 145 cm³/mol. The molecule has 182 valence electrons. The van der Waals surface area contributed by atoms with Crippen LogP contribution in [0.1, 0.15) is 59.6 Å². The highest BCUT2D eigenvalue weighted by molar-refractivity contribution is 5.95. The van der Waals surface area contributed by atoms with Gasteiger partial charge in [-0.2, -0.15) is 5.10 Å². The third-order valence-corrected chi connectivity index (χ3v) is 7.59. The van der Waals surface area contributed by atoms with Gasteiger partial charge >= 0.3 is 0 Å². The van der Waals surface area contributed by atoms with Crippen LogP contribution in [0, 0.1) is 0 Å². The molecule has 2 aliphatic rings. The van der Waals surface area contributed by atoms with Gasteiger partial charge in [0, 0.05) is 29.9 Å². The van der Waals surface area contributed by atoms with Crippen LogP contribution in [0.3, 0.4) is 0 Å². The van der Waals surface area contributed by atoms with Crippen molar-refractivity contribution in [3.63, 3.8) is 0 Å². The van der Waals surface area contributed by atoms with Gasteiger partial charge in [-0.25, -0.2) is 0 Å². The van der Waals surface area contributed by atoms with E-state index in [1.165, 1.54) is 36.1 Å². The van der Waals surface area contributed by atoms with Crippen molar-refractivity contribution < 1.29 is 4.79 Å². The maximum absolute atomic E-state index is 13.0. The number of aromatic amines is 1. The quantitative estimate of drug-likeness (QED) is 0.344. The maximum Gasteiger partial charge on any atom is 0.251 e. The average Bonchev–Trinajstić information content (AvgIpc) is 3.44. The number of anilines is 1. The predicted octanol–water partition coefficient (Wildman–Crippen LogP) is 6.54. The Hall–Kier alpha value is -3.86. The molecule has 0 bridgehead atoms. The first-order valence-corrected chi connectivity index (χ1v) is 13.1. The van der Waals surface area contributed by atoms with E-state index in [1.54, 1.807) is 0 Å². The van der Waals surface area contributed by atoms with Crippen molar-refractivity contribution >= 4 is 11.6 Å². The van der Waals surface area contributed by atoms with Gasteiger partial charge in [-0.3, -0.25) is 9.89 Å². The van der Waals surface area contributed by atoms with E-state index in [0.717, 1.165) is 54.9 Å². The fourth-order valence-corrected chi connectivity index (χ4v) is 5.56. The second kappa shape index (κ2) is 10.0. The molecule has 1 amide bonds. The van der Waals surface area contributed by atoms with E-state index in [4.69, 9.17) is 0 Å². The van der Waals surface area contributed by atoms with E-state index < -0.39 is 0 Å². The first-order valence-electron chi connectivity index (χ1n) is 13.1. The molecule has 2 heterocycles. The number of carbonyl (C=O) groups is 1. The van der Waals surface area contributed by atoms with E-state index in [-0.39, 0.29) is 11.9 Å². The van der Waals surface area contributed by atoms with Crippen LogP contribution in [-0.2, 0) is 6.42 Å². The summed E-state index contributed by atoms with van der Waals surface area (Å²) in [4.78, 5) is 15.4. The van der Waals surface area contributed by atoms with Crippen LogP contribution in [-0.4, -0.2) is 29.2 Å². The van der Waals surface area contributed by atoms with Gasteiger partial charge in [-0.15, -0.1) is 0 Å². The number of piperidine rings is 1. The molecule has 36 heavy (non-hydrogen) atoms. The number of aryl methyl sites for hydroxylation is 1. The molecule has 1 fully saturated rings. The molecule has 5 nitrogen and oxygen atoms in total. The molecule has 1 unspecified atom stereocenters. The van der Waals surface area contributed by atoms with E-state index in [1.807, 2.05) is 24.3 Å². The average molecular weight is 477 g/mol. The molecule has 0 spiro atoms. The third kappa shape index (κ3) is 4.66. The van der Waals surface area contributed by atoms with Gasteiger partial charge in [-0.05, 0) is 85.5 Å². The number of aromatic nitrogens is 2. The number of H-pyrrole nitrogens is 1. The SMILES string of the molecule is O=C(NC1CCCc2ccccc21)c1ccc(-c2cc(-c3ccc(N4CCCCC4)cc3)n[nH]2)cc1. The first kappa shape index (κ1) is 22.6. The Morgan fingerprint density at radius 1 is 0.861 bits per heavy atom. The molecule has 1 saturated heterocycles. The molecule has 3 aromatic carbocycles. The van der Waals surface area contributed by atoms with Crippen molar-refractivity contribution in [1.82, 2.24) is 15.5 Å². The van der Waals surface area contributed by atoms with Gasteiger partial charge in [0.05, 0.1) is 17.4 Å². The number of nitrogens with one attached hydrogen (secondary N) is 2. The lowest BCUT2D eigenvalue weighted by atomic mass is 9.87. The van der Waals surface area contributed by atoms with Crippen LogP contribution in [0.25, 0.3) is 22.5 Å². The summed E-state index contributed by atoms with van der Waals surface area (Å²) in [5.74, 6) is -0.0256. The van der Waals surface area contributed by atoms with Crippen molar-refractivity contribution in [2.75, 3.05) is 18.0 Å². The molecule has 5 heteroatoms. The van der Waals surface area contributed by atoms with Gasteiger partial charge in [0.2, 0.25) is 0 Å². The number of amides is 1. The van der Waals surface area contributed by atoms with Crippen molar-refractivity contribution in [2.24, 2.45) is 0 Å². The van der Waals surface area contributed by atoms with Crippen molar-refractivity contribution in [3.05, 3.63) is 95.6 Å². The summed E-state index contributed by atoms with van der Waals surface area (Å²) in [5, 5.41) is 10.9. The van der Waals surface area contributed by atoms with E-state index in [0.29, 0.717) is 5.56 Å². The summed E-state index contributed by atoms with van der Waals surface area (Å²) in [6, 6.07) is 27.1. The van der Waals surface area contributed by atoms with Gasteiger partial charge < -0.3 is 10.2 Å².